The largest absolute Gasteiger partial charge is 0.479 e. The first kappa shape index (κ1) is 19.0. The summed E-state index contributed by atoms with van der Waals surface area (Å²) >= 11 is 3.48. The van der Waals surface area contributed by atoms with Crippen LogP contribution in [0.1, 0.15) is 32.6 Å². The maximum absolute atomic E-state index is 8.19. The molecule has 1 saturated carbocycles. The first-order valence-electron chi connectivity index (χ1n) is 9.20. The molecule has 1 fully saturated rings. The third kappa shape index (κ3) is 4.51. The second kappa shape index (κ2) is 8.31. The number of fused-ring (bicyclic) bond motifs is 1. The van der Waals surface area contributed by atoms with Crippen molar-refractivity contribution in [2.45, 2.75) is 45.2 Å². The van der Waals surface area contributed by atoms with Crippen molar-refractivity contribution in [3.63, 3.8) is 0 Å². The zero-order chi connectivity index (χ0) is 18.7. The van der Waals surface area contributed by atoms with Crippen LogP contribution in [0.5, 0.6) is 0 Å². The van der Waals surface area contributed by atoms with Crippen LogP contribution >= 0.6 is 15.9 Å². The summed E-state index contributed by atoms with van der Waals surface area (Å²) in [4.78, 5) is 3.14. The summed E-state index contributed by atoms with van der Waals surface area (Å²) < 4.78 is 8.87. The van der Waals surface area contributed by atoms with Crippen LogP contribution in [0, 0.1) is 11.3 Å². The molecule has 0 unspecified atom stereocenters. The number of ether oxygens (including phenoxy) is 1. The first-order chi connectivity index (χ1) is 12.5. The molecule has 2 aromatic rings. The van der Waals surface area contributed by atoms with Crippen molar-refractivity contribution in [1.82, 2.24) is 20.0 Å². The fraction of sp³-hybridized carbons (Fsp3) is 0.526. The highest BCUT2D eigenvalue weighted by molar-refractivity contribution is 9.10. The van der Waals surface area contributed by atoms with Crippen LogP contribution in [0.2, 0.25) is 0 Å². The molecule has 3 N–H and O–H groups in total. The molecule has 0 amide bonds. The molecule has 1 atom stereocenters. The maximum atomic E-state index is 8.19. The first-order valence-corrected chi connectivity index (χ1v) is 10.00. The molecule has 1 heterocycles. The topological polar surface area (TPSA) is 69.1 Å². The quantitative estimate of drug-likeness (QED) is 0.311. The Bertz CT molecular complexity index is 823. The molecular weight excluding hydrogens is 394 g/mol. The second-order valence-corrected chi connectivity index (χ2v) is 7.98. The van der Waals surface area contributed by atoms with Gasteiger partial charge in [0.25, 0.3) is 0 Å². The highest BCUT2D eigenvalue weighted by Gasteiger charge is 2.30. The Morgan fingerprint density at radius 1 is 1.54 bits per heavy atom. The molecule has 0 spiro atoms. The van der Waals surface area contributed by atoms with E-state index in [2.05, 4.69) is 45.9 Å². The van der Waals surface area contributed by atoms with Gasteiger partial charge in [0.2, 0.25) is 0 Å². The zero-order valence-corrected chi connectivity index (χ0v) is 17.1. The molecule has 7 heteroatoms. The average molecular weight is 422 g/mol. The van der Waals surface area contributed by atoms with Crippen LogP contribution < -0.4 is 11.0 Å². The Morgan fingerprint density at radius 3 is 3.00 bits per heavy atom. The van der Waals surface area contributed by atoms with Gasteiger partial charge in [-0.05, 0) is 56.4 Å². The van der Waals surface area contributed by atoms with Crippen molar-refractivity contribution in [3.05, 3.63) is 40.8 Å². The van der Waals surface area contributed by atoms with Gasteiger partial charge in [0.15, 0.2) is 11.5 Å². The SMILES string of the molecule is C=C(OCCC[C@@H](C)Cn1c(=N)[nH]c2cc(Br)ccc21)N(NC)C1CC1. The van der Waals surface area contributed by atoms with Gasteiger partial charge in [-0.3, -0.25) is 10.4 Å². The lowest BCUT2D eigenvalue weighted by atomic mass is 10.1. The van der Waals surface area contributed by atoms with Crippen molar-refractivity contribution in [3.8, 4) is 0 Å². The van der Waals surface area contributed by atoms with E-state index in [1.54, 1.807) is 0 Å². The molecule has 142 valence electrons. The van der Waals surface area contributed by atoms with Crippen molar-refractivity contribution < 1.29 is 4.74 Å². The Labute approximate surface area is 162 Å². The predicted molar refractivity (Wildman–Crippen MR) is 107 cm³/mol. The fourth-order valence-corrected chi connectivity index (χ4v) is 3.65. The van der Waals surface area contributed by atoms with E-state index in [-0.39, 0.29) is 0 Å². The summed E-state index contributed by atoms with van der Waals surface area (Å²) in [6.45, 7) is 7.75. The summed E-state index contributed by atoms with van der Waals surface area (Å²) in [6, 6.07) is 6.63. The summed E-state index contributed by atoms with van der Waals surface area (Å²) in [7, 11) is 1.91. The normalized spacial score (nSPS) is 15.2. The lowest BCUT2D eigenvalue weighted by Crippen LogP contribution is -2.36. The minimum Gasteiger partial charge on any atom is -0.479 e. The molecule has 0 aliphatic heterocycles. The van der Waals surface area contributed by atoms with Crippen LogP contribution in [0.15, 0.2) is 35.1 Å². The van der Waals surface area contributed by atoms with E-state index in [0.717, 1.165) is 34.9 Å². The van der Waals surface area contributed by atoms with Gasteiger partial charge in [-0.15, -0.1) is 0 Å². The predicted octanol–water partition coefficient (Wildman–Crippen LogP) is 3.71. The van der Waals surface area contributed by atoms with Gasteiger partial charge in [0.1, 0.15) is 0 Å². The van der Waals surface area contributed by atoms with Crippen LogP contribution in [0.4, 0.5) is 0 Å². The number of imidazole rings is 1. The van der Waals surface area contributed by atoms with Crippen LogP contribution in [-0.2, 0) is 11.3 Å². The maximum Gasteiger partial charge on any atom is 0.200 e. The highest BCUT2D eigenvalue weighted by Crippen LogP contribution is 2.28. The monoisotopic (exact) mass is 421 g/mol. The summed E-state index contributed by atoms with van der Waals surface area (Å²) in [5, 5.41) is 10.2. The Balaban J connectivity index is 1.47. The number of nitrogens with zero attached hydrogens (tertiary/aromatic N) is 2. The van der Waals surface area contributed by atoms with E-state index in [0.29, 0.717) is 30.1 Å². The minimum absolute atomic E-state index is 0.448. The number of hydrogen-bond acceptors (Lipinski definition) is 4. The van der Waals surface area contributed by atoms with E-state index < -0.39 is 0 Å². The Hall–Kier alpha value is -1.73. The number of rotatable bonds is 10. The Kier molecular flexibility index (Phi) is 6.09. The summed E-state index contributed by atoms with van der Waals surface area (Å²) in [5.41, 5.74) is 5.66. The molecule has 0 radical (unpaired) electrons. The number of hydrazine groups is 1. The lowest BCUT2D eigenvalue weighted by molar-refractivity contribution is 0.0784. The molecule has 6 nitrogen and oxygen atoms in total. The third-order valence-corrected chi connectivity index (χ3v) is 5.29. The zero-order valence-electron chi connectivity index (χ0n) is 15.5. The van der Waals surface area contributed by atoms with E-state index in [9.17, 15) is 0 Å². The third-order valence-electron chi connectivity index (χ3n) is 4.80. The average Bonchev–Trinajstić information content (AvgIpc) is 3.38. The molecule has 0 saturated heterocycles. The molecule has 3 rings (SSSR count). The molecule has 1 aromatic carbocycles. The lowest BCUT2D eigenvalue weighted by Gasteiger charge is -2.25. The number of nitrogens with one attached hydrogen (secondary N) is 3. The van der Waals surface area contributed by atoms with E-state index in [1.165, 1.54) is 12.8 Å². The Morgan fingerprint density at radius 2 is 2.31 bits per heavy atom. The van der Waals surface area contributed by atoms with E-state index in [4.69, 9.17) is 10.1 Å². The molecule has 1 aliphatic carbocycles. The van der Waals surface area contributed by atoms with Gasteiger partial charge < -0.3 is 14.3 Å². The van der Waals surface area contributed by atoms with E-state index in [1.807, 2.05) is 28.8 Å². The molecule has 26 heavy (non-hydrogen) atoms. The van der Waals surface area contributed by atoms with Gasteiger partial charge in [0, 0.05) is 24.1 Å². The summed E-state index contributed by atoms with van der Waals surface area (Å²) in [6.07, 6.45) is 4.43. The number of halogens is 1. The van der Waals surface area contributed by atoms with Crippen LogP contribution in [-0.4, -0.2) is 34.3 Å². The minimum atomic E-state index is 0.448. The second-order valence-electron chi connectivity index (χ2n) is 7.06. The van der Waals surface area contributed by atoms with Gasteiger partial charge in [0.05, 0.1) is 17.6 Å². The molecular formula is C19H28BrN5O. The number of hydrogen-bond donors (Lipinski definition) is 3. The number of H-pyrrole nitrogens is 1. The summed E-state index contributed by atoms with van der Waals surface area (Å²) in [5.74, 6) is 1.18. The molecule has 1 aromatic heterocycles. The van der Waals surface area contributed by atoms with Crippen molar-refractivity contribution in [2.75, 3.05) is 13.7 Å². The van der Waals surface area contributed by atoms with Crippen molar-refractivity contribution in [1.29, 1.82) is 5.41 Å². The van der Waals surface area contributed by atoms with Crippen LogP contribution in [0.25, 0.3) is 11.0 Å². The standard InChI is InChI=1S/C19H28BrN5O/c1-13(5-4-10-26-14(2)25(22-3)16-7-8-16)12-24-18-9-6-15(20)11-17(18)23-19(24)21/h6,9,11,13,16,22H,2,4-5,7-8,10,12H2,1,3H3,(H2,21,23)/t13-/m1/s1. The smallest absolute Gasteiger partial charge is 0.200 e. The van der Waals surface area contributed by atoms with Gasteiger partial charge in [-0.25, -0.2) is 5.43 Å². The van der Waals surface area contributed by atoms with Gasteiger partial charge in [-0.2, -0.15) is 0 Å². The number of aromatic nitrogens is 2. The number of benzene rings is 1. The van der Waals surface area contributed by atoms with E-state index >= 15 is 0 Å². The van der Waals surface area contributed by atoms with Crippen molar-refractivity contribution >= 4 is 27.0 Å². The van der Waals surface area contributed by atoms with Crippen molar-refractivity contribution in [2.24, 2.45) is 5.92 Å². The highest BCUT2D eigenvalue weighted by atomic mass is 79.9. The van der Waals surface area contributed by atoms with Crippen LogP contribution in [0.3, 0.4) is 0 Å². The number of aromatic amines is 1. The van der Waals surface area contributed by atoms with Gasteiger partial charge in [-0.1, -0.05) is 22.9 Å². The molecule has 1 aliphatic rings. The molecule has 0 bridgehead atoms. The fourth-order valence-electron chi connectivity index (χ4n) is 3.29. The van der Waals surface area contributed by atoms with Gasteiger partial charge >= 0.3 is 0 Å².